The highest BCUT2D eigenvalue weighted by Gasteiger charge is 2.08. The molecule has 0 radical (unpaired) electrons. The number of anilines is 1. The van der Waals surface area contributed by atoms with Crippen LogP contribution in [-0.4, -0.2) is 36.1 Å². The van der Waals surface area contributed by atoms with Gasteiger partial charge in [-0.05, 0) is 22.6 Å². The lowest BCUT2D eigenvalue weighted by atomic mass is 10.2. The van der Waals surface area contributed by atoms with Crippen LogP contribution in [0.1, 0.15) is 6.42 Å². The molecule has 0 atom stereocenters. The molecule has 0 spiro atoms. The van der Waals surface area contributed by atoms with E-state index in [1.54, 1.807) is 12.4 Å². The number of carbonyl (C=O) groups is 1. The van der Waals surface area contributed by atoms with Gasteiger partial charge in [0.2, 0.25) is 5.91 Å². The van der Waals surface area contributed by atoms with Crippen molar-refractivity contribution in [2.75, 3.05) is 5.32 Å². The summed E-state index contributed by atoms with van der Waals surface area (Å²) in [7, 11) is 0. The smallest absolute Gasteiger partial charge is 0.228 e. The van der Waals surface area contributed by atoms with E-state index in [9.17, 15) is 4.79 Å². The van der Waals surface area contributed by atoms with Gasteiger partial charge < -0.3 is 5.32 Å². The van der Waals surface area contributed by atoms with Gasteiger partial charge in [-0.1, -0.05) is 0 Å². The molecule has 106 valence electrons. The van der Waals surface area contributed by atoms with Crippen molar-refractivity contribution in [3.8, 4) is 11.3 Å². The highest BCUT2D eigenvalue weighted by molar-refractivity contribution is 7.14. The second-order valence-electron chi connectivity index (χ2n) is 4.15. The topological polar surface area (TPSA) is 98.5 Å². The highest BCUT2D eigenvalue weighted by atomic mass is 32.1. The summed E-state index contributed by atoms with van der Waals surface area (Å²) in [6.45, 7) is 0.430. The lowest BCUT2D eigenvalue weighted by Crippen LogP contribution is -2.14. The van der Waals surface area contributed by atoms with E-state index < -0.39 is 0 Å². The van der Waals surface area contributed by atoms with Crippen molar-refractivity contribution in [2.45, 2.75) is 13.0 Å². The fraction of sp³-hybridized carbons (Fsp3) is 0.167. The van der Waals surface area contributed by atoms with Crippen molar-refractivity contribution in [1.82, 2.24) is 30.2 Å². The Morgan fingerprint density at radius 3 is 3.14 bits per heavy atom. The minimum Gasteiger partial charge on any atom is -0.302 e. The lowest BCUT2D eigenvalue weighted by molar-refractivity contribution is -0.116. The summed E-state index contributed by atoms with van der Waals surface area (Å²) >= 11 is 1.38. The van der Waals surface area contributed by atoms with Gasteiger partial charge in [0.15, 0.2) is 5.13 Å². The van der Waals surface area contributed by atoms with E-state index in [-0.39, 0.29) is 12.3 Å². The molecule has 9 heteroatoms. The molecule has 8 nitrogen and oxygen atoms in total. The normalized spacial score (nSPS) is 10.5. The number of rotatable bonds is 5. The molecular formula is C12H11N7OS. The van der Waals surface area contributed by atoms with Crippen molar-refractivity contribution in [3.05, 3.63) is 36.2 Å². The number of hydrogen-bond acceptors (Lipinski definition) is 7. The number of pyridine rings is 1. The van der Waals surface area contributed by atoms with Crippen LogP contribution in [0.15, 0.2) is 36.2 Å². The van der Waals surface area contributed by atoms with Crippen LogP contribution in [0.5, 0.6) is 0 Å². The second kappa shape index (κ2) is 6.18. The number of carbonyl (C=O) groups excluding carboxylic acids is 1. The molecule has 3 rings (SSSR count). The summed E-state index contributed by atoms with van der Waals surface area (Å²) in [6.07, 6.45) is 5.19. The van der Waals surface area contributed by atoms with Gasteiger partial charge in [-0.2, -0.15) is 0 Å². The Kier molecular flexibility index (Phi) is 3.92. The number of thiazole rings is 1. The summed E-state index contributed by atoms with van der Waals surface area (Å²) < 4.78 is 1.50. The molecule has 0 saturated carbocycles. The predicted molar refractivity (Wildman–Crippen MR) is 76.4 cm³/mol. The van der Waals surface area contributed by atoms with Crippen LogP contribution in [0.3, 0.4) is 0 Å². The average Bonchev–Trinajstić information content (AvgIpc) is 3.17. The molecule has 3 heterocycles. The van der Waals surface area contributed by atoms with Crippen molar-refractivity contribution in [2.24, 2.45) is 0 Å². The van der Waals surface area contributed by atoms with E-state index in [0.717, 1.165) is 11.3 Å². The minimum absolute atomic E-state index is 0.127. The van der Waals surface area contributed by atoms with E-state index >= 15 is 0 Å². The third-order valence-corrected chi connectivity index (χ3v) is 3.42. The number of nitrogens with zero attached hydrogens (tertiary/aromatic N) is 6. The highest BCUT2D eigenvalue weighted by Crippen LogP contribution is 2.24. The largest absolute Gasteiger partial charge is 0.302 e. The molecule has 0 aliphatic heterocycles. The maximum Gasteiger partial charge on any atom is 0.228 e. The van der Waals surface area contributed by atoms with Gasteiger partial charge in [0.25, 0.3) is 0 Å². The van der Waals surface area contributed by atoms with Crippen molar-refractivity contribution in [1.29, 1.82) is 0 Å². The maximum atomic E-state index is 11.8. The number of tetrazole rings is 1. The summed E-state index contributed by atoms with van der Waals surface area (Å²) in [6, 6.07) is 3.77. The Balaban J connectivity index is 1.58. The van der Waals surface area contributed by atoms with Crippen LogP contribution >= 0.6 is 11.3 Å². The molecule has 0 aliphatic rings. The Hall–Kier alpha value is -2.68. The molecule has 0 saturated heterocycles. The third-order valence-electron chi connectivity index (χ3n) is 2.67. The zero-order valence-electron chi connectivity index (χ0n) is 10.9. The molecule has 0 bridgehead atoms. The molecule has 21 heavy (non-hydrogen) atoms. The van der Waals surface area contributed by atoms with Crippen LogP contribution in [0.2, 0.25) is 0 Å². The molecule has 0 fully saturated rings. The van der Waals surface area contributed by atoms with Crippen LogP contribution in [0.4, 0.5) is 5.13 Å². The molecule has 3 aromatic rings. The van der Waals surface area contributed by atoms with Gasteiger partial charge in [0, 0.05) is 29.8 Å². The van der Waals surface area contributed by atoms with E-state index in [1.807, 2.05) is 17.5 Å². The van der Waals surface area contributed by atoms with Gasteiger partial charge in [-0.3, -0.25) is 9.78 Å². The Bertz CT molecular complexity index is 710. The summed E-state index contributed by atoms with van der Waals surface area (Å²) in [5, 5.41) is 15.9. The van der Waals surface area contributed by atoms with E-state index in [1.165, 1.54) is 22.3 Å². The lowest BCUT2D eigenvalue weighted by Gasteiger charge is -2.01. The third kappa shape index (κ3) is 3.45. The molecule has 1 N–H and O–H groups in total. The first-order valence-electron chi connectivity index (χ1n) is 6.18. The second-order valence-corrected chi connectivity index (χ2v) is 5.01. The van der Waals surface area contributed by atoms with E-state index in [2.05, 4.69) is 30.8 Å². The number of hydrogen-bond donors (Lipinski definition) is 1. The van der Waals surface area contributed by atoms with E-state index in [4.69, 9.17) is 0 Å². The van der Waals surface area contributed by atoms with Crippen molar-refractivity contribution >= 4 is 22.4 Å². The Morgan fingerprint density at radius 1 is 1.43 bits per heavy atom. The number of aromatic nitrogens is 6. The quantitative estimate of drug-likeness (QED) is 0.760. The van der Waals surface area contributed by atoms with Gasteiger partial charge in [-0.15, -0.1) is 16.4 Å². The summed E-state index contributed by atoms with van der Waals surface area (Å²) in [4.78, 5) is 20.2. The summed E-state index contributed by atoms with van der Waals surface area (Å²) in [5.74, 6) is -0.127. The fourth-order valence-corrected chi connectivity index (χ4v) is 2.39. The van der Waals surface area contributed by atoms with Gasteiger partial charge >= 0.3 is 0 Å². The van der Waals surface area contributed by atoms with Crippen LogP contribution in [0.25, 0.3) is 11.3 Å². The number of amides is 1. The van der Waals surface area contributed by atoms with Gasteiger partial charge in [0.05, 0.1) is 12.2 Å². The SMILES string of the molecule is O=C(CCn1cnnn1)Nc1nc(-c2cccnc2)cs1. The number of nitrogens with one attached hydrogen (secondary N) is 1. The Morgan fingerprint density at radius 2 is 2.38 bits per heavy atom. The molecule has 0 aromatic carbocycles. The fourth-order valence-electron chi connectivity index (χ4n) is 1.66. The van der Waals surface area contributed by atoms with Gasteiger partial charge in [-0.25, -0.2) is 9.67 Å². The summed E-state index contributed by atoms with van der Waals surface area (Å²) in [5.41, 5.74) is 1.71. The zero-order chi connectivity index (χ0) is 14.5. The van der Waals surface area contributed by atoms with Crippen LogP contribution in [0, 0.1) is 0 Å². The van der Waals surface area contributed by atoms with Crippen molar-refractivity contribution in [3.63, 3.8) is 0 Å². The maximum absolute atomic E-state index is 11.8. The molecular weight excluding hydrogens is 290 g/mol. The molecule has 1 amide bonds. The first-order chi connectivity index (χ1) is 10.3. The minimum atomic E-state index is -0.127. The molecule has 3 aromatic heterocycles. The average molecular weight is 301 g/mol. The number of aryl methyl sites for hydroxylation is 1. The van der Waals surface area contributed by atoms with Crippen LogP contribution in [-0.2, 0) is 11.3 Å². The predicted octanol–water partition coefficient (Wildman–Crippen LogP) is 1.22. The van der Waals surface area contributed by atoms with E-state index in [0.29, 0.717) is 11.7 Å². The molecule has 0 aliphatic carbocycles. The van der Waals surface area contributed by atoms with Crippen LogP contribution < -0.4 is 5.32 Å². The monoisotopic (exact) mass is 301 g/mol. The first-order valence-corrected chi connectivity index (χ1v) is 7.06. The molecule has 0 unspecified atom stereocenters. The van der Waals surface area contributed by atoms with Gasteiger partial charge in [0.1, 0.15) is 6.33 Å². The Labute approximate surface area is 123 Å². The first kappa shape index (κ1) is 13.3. The van der Waals surface area contributed by atoms with Crippen molar-refractivity contribution < 1.29 is 4.79 Å². The zero-order valence-corrected chi connectivity index (χ0v) is 11.7. The standard InChI is InChI=1S/C12H11N7OS/c20-11(3-5-19-8-14-17-18-19)16-12-15-10(7-21-12)9-2-1-4-13-6-9/h1-2,4,6-8H,3,5H2,(H,15,16,20).